The van der Waals surface area contributed by atoms with Gasteiger partial charge in [-0.15, -0.1) is 0 Å². The summed E-state index contributed by atoms with van der Waals surface area (Å²) in [6.45, 7) is 2.99. The average Bonchev–Trinajstić information content (AvgIpc) is 2.91. The van der Waals surface area contributed by atoms with E-state index < -0.39 is 11.8 Å². The maximum absolute atomic E-state index is 13.6. The number of piperidine rings is 1. The largest absolute Gasteiger partial charge is 0.506 e. The van der Waals surface area contributed by atoms with Crippen molar-refractivity contribution in [3.63, 3.8) is 0 Å². The molecule has 2 N–H and O–H groups in total. The molecule has 1 aliphatic rings. The molecule has 0 aliphatic carbocycles. The molecule has 196 valence electrons. The standard InChI is InChI=1S/C29H33ClN2O5/c1-4-5-11-21-24(25-22(36-2)12-8-13-23(25)37-3)27(33)26(28(34)31-21)29(35)32-16-14-18(15-17-32)19-9-6-7-10-20(19)30/h6-10,12-13,18H,4-5,11,14-17H2,1-3H3,(H2,31,33,34). The number of nitrogens with zero attached hydrogens (tertiary/aromatic N) is 2. The lowest BCUT2D eigenvalue weighted by Gasteiger charge is -2.33. The first kappa shape index (κ1) is 26.6. The number of methoxy groups -OCH3 is 2. The number of hydrogen-bond acceptors (Lipinski definition) is 6. The monoisotopic (exact) mass is 524 g/mol. The van der Waals surface area contributed by atoms with E-state index in [1.807, 2.05) is 31.2 Å². The lowest BCUT2D eigenvalue weighted by Crippen LogP contribution is -2.38. The minimum atomic E-state index is -0.473. The Kier molecular flexibility index (Phi) is 8.44. The van der Waals surface area contributed by atoms with Gasteiger partial charge in [-0.25, -0.2) is 4.98 Å². The van der Waals surface area contributed by atoms with E-state index in [0.29, 0.717) is 47.8 Å². The van der Waals surface area contributed by atoms with Gasteiger partial charge in [-0.2, -0.15) is 0 Å². The van der Waals surface area contributed by atoms with E-state index in [1.165, 1.54) is 14.2 Å². The maximum Gasteiger partial charge on any atom is 0.263 e. The fourth-order valence-corrected chi connectivity index (χ4v) is 5.34. The second kappa shape index (κ2) is 11.7. The van der Waals surface area contributed by atoms with E-state index in [1.54, 1.807) is 23.1 Å². The van der Waals surface area contributed by atoms with Crippen LogP contribution in [0.5, 0.6) is 23.1 Å². The molecule has 8 heteroatoms. The highest BCUT2D eigenvalue weighted by atomic mass is 35.5. The first-order chi connectivity index (χ1) is 17.9. The SMILES string of the molecule is CCCCc1nc(O)c(C(=O)N2CCC(c3ccccc3Cl)CC2)c(O)c1-c1c(OC)cccc1OC. The van der Waals surface area contributed by atoms with Crippen molar-refractivity contribution in [3.05, 3.63) is 64.3 Å². The van der Waals surface area contributed by atoms with Gasteiger partial charge in [-0.1, -0.05) is 49.2 Å². The number of ether oxygens (including phenoxy) is 2. The molecule has 0 atom stereocenters. The van der Waals surface area contributed by atoms with Crippen LogP contribution in [0.3, 0.4) is 0 Å². The predicted molar refractivity (Wildman–Crippen MR) is 144 cm³/mol. The fourth-order valence-electron chi connectivity index (χ4n) is 5.05. The van der Waals surface area contributed by atoms with Crippen LogP contribution in [0.1, 0.15) is 60.1 Å². The van der Waals surface area contributed by atoms with Gasteiger partial charge in [0.1, 0.15) is 22.8 Å². The van der Waals surface area contributed by atoms with Crippen molar-refractivity contribution in [2.24, 2.45) is 0 Å². The Hall–Kier alpha value is -3.45. The van der Waals surface area contributed by atoms with Crippen molar-refractivity contribution in [1.82, 2.24) is 9.88 Å². The van der Waals surface area contributed by atoms with Gasteiger partial charge in [0.25, 0.3) is 5.91 Å². The molecule has 7 nitrogen and oxygen atoms in total. The number of benzene rings is 2. The Bertz CT molecular complexity index is 1250. The summed E-state index contributed by atoms with van der Waals surface area (Å²) in [6.07, 6.45) is 3.65. The Morgan fingerprint density at radius 1 is 1.03 bits per heavy atom. The van der Waals surface area contributed by atoms with Crippen LogP contribution in [-0.4, -0.2) is 53.3 Å². The smallest absolute Gasteiger partial charge is 0.263 e. The number of likely N-dealkylation sites (tertiary alicyclic amines) is 1. The van der Waals surface area contributed by atoms with Crippen molar-refractivity contribution in [2.75, 3.05) is 27.3 Å². The zero-order chi connectivity index (χ0) is 26.5. The second-order valence-corrected chi connectivity index (χ2v) is 9.62. The number of aromatic nitrogens is 1. The van der Waals surface area contributed by atoms with Crippen LogP contribution < -0.4 is 9.47 Å². The van der Waals surface area contributed by atoms with Gasteiger partial charge in [0, 0.05) is 18.1 Å². The van der Waals surface area contributed by atoms with Crippen LogP contribution >= 0.6 is 11.6 Å². The van der Waals surface area contributed by atoms with E-state index >= 15 is 0 Å². The third-order valence-corrected chi connectivity index (χ3v) is 7.36. The van der Waals surface area contributed by atoms with Crippen molar-refractivity contribution in [1.29, 1.82) is 0 Å². The normalized spacial score (nSPS) is 14.0. The molecule has 0 bridgehead atoms. The molecule has 4 rings (SSSR count). The number of unbranched alkanes of at least 4 members (excludes halogenated alkanes) is 1. The van der Waals surface area contributed by atoms with Crippen LogP contribution in [0, 0.1) is 0 Å². The number of aryl methyl sites for hydroxylation is 1. The van der Waals surface area contributed by atoms with Gasteiger partial charge in [0.05, 0.1) is 31.0 Å². The zero-order valence-electron chi connectivity index (χ0n) is 21.5. The lowest BCUT2D eigenvalue weighted by molar-refractivity contribution is 0.0706. The third-order valence-electron chi connectivity index (χ3n) is 7.01. The maximum atomic E-state index is 13.6. The number of aromatic hydroxyl groups is 2. The fraction of sp³-hybridized carbons (Fsp3) is 0.379. The molecule has 37 heavy (non-hydrogen) atoms. The molecule has 0 radical (unpaired) electrons. The highest BCUT2D eigenvalue weighted by Gasteiger charge is 2.33. The molecule has 2 aromatic carbocycles. The number of halogens is 1. The molecule has 1 aliphatic heterocycles. The van der Waals surface area contributed by atoms with Gasteiger partial charge in [0.15, 0.2) is 0 Å². The van der Waals surface area contributed by atoms with Crippen molar-refractivity contribution < 1.29 is 24.5 Å². The van der Waals surface area contributed by atoms with Gasteiger partial charge < -0.3 is 24.6 Å². The zero-order valence-corrected chi connectivity index (χ0v) is 22.2. The quantitative estimate of drug-likeness (QED) is 0.365. The predicted octanol–water partition coefficient (Wildman–Crippen LogP) is 6.19. The van der Waals surface area contributed by atoms with Crippen molar-refractivity contribution in [3.8, 4) is 34.3 Å². The Labute approximate surface area is 222 Å². The van der Waals surface area contributed by atoms with E-state index in [-0.39, 0.29) is 17.2 Å². The Morgan fingerprint density at radius 3 is 2.27 bits per heavy atom. The number of pyridine rings is 1. The molecule has 1 amide bonds. The van der Waals surface area contributed by atoms with Crippen LogP contribution in [0.4, 0.5) is 0 Å². The van der Waals surface area contributed by atoms with Gasteiger partial charge >= 0.3 is 0 Å². The third kappa shape index (κ3) is 5.32. The number of hydrogen-bond donors (Lipinski definition) is 2. The summed E-state index contributed by atoms with van der Waals surface area (Å²) in [5, 5.41) is 23.1. The number of amides is 1. The van der Waals surface area contributed by atoms with Crippen LogP contribution in [0.25, 0.3) is 11.1 Å². The summed E-state index contributed by atoms with van der Waals surface area (Å²) in [5.41, 5.74) is 2.19. The summed E-state index contributed by atoms with van der Waals surface area (Å²) < 4.78 is 11.2. The second-order valence-electron chi connectivity index (χ2n) is 9.21. The molecule has 3 aromatic rings. The lowest BCUT2D eigenvalue weighted by atomic mass is 9.89. The summed E-state index contributed by atoms with van der Waals surface area (Å²) in [6, 6.07) is 13.1. The van der Waals surface area contributed by atoms with Crippen LogP contribution in [-0.2, 0) is 6.42 Å². The molecular formula is C29H33ClN2O5. The first-order valence-electron chi connectivity index (χ1n) is 12.6. The highest BCUT2D eigenvalue weighted by Crippen LogP contribution is 2.47. The van der Waals surface area contributed by atoms with Crippen molar-refractivity contribution in [2.45, 2.75) is 44.9 Å². The van der Waals surface area contributed by atoms with Gasteiger partial charge in [-0.3, -0.25) is 4.79 Å². The van der Waals surface area contributed by atoms with Gasteiger partial charge in [0.2, 0.25) is 5.88 Å². The van der Waals surface area contributed by atoms with Crippen LogP contribution in [0.2, 0.25) is 5.02 Å². The minimum Gasteiger partial charge on any atom is -0.506 e. The average molecular weight is 525 g/mol. The molecule has 1 fully saturated rings. The first-order valence-corrected chi connectivity index (χ1v) is 13.0. The summed E-state index contributed by atoms with van der Waals surface area (Å²) in [5.74, 6) is -0.0723. The van der Waals surface area contributed by atoms with Crippen LogP contribution in [0.15, 0.2) is 42.5 Å². The summed E-state index contributed by atoms with van der Waals surface area (Å²) in [4.78, 5) is 19.7. The highest BCUT2D eigenvalue weighted by molar-refractivity contribution is 6.31. The van der Waals surface area contributed by atoms with E-state index in [4.69, 9.17) is 21.1 Å². The Morgan fingerprint density at radius 2 is 1.68 bits per heavy atom. The number of carbonyl (C=O) groups excluding carboxylic acids is 1. The Balaban J connectivity index is 1.72. The molecule has 0 unspecified atom stereocenters. The molecule has 2 heterocycles. The number of rotatable bonds is 8. The molecule has 1 aromatic heterocycles. The van der Waals surface area contributed by atoms with Crippen molar-refractivity contribution >= 4 is 17.5 Å². The molecule has 0 spiro atoms. The van der Waals surface area contributed by atoms with E-state index in [0.717, 1.165) is 36.3 Å². The molecular weight excluding hydrogens is 492 g/mol. The number of carbonyl (C=O) groups is 1. The molecule has 0 saturated carbocycles. The van der Waals surface area contributed by atoms with E-state index in [9.17, 15) is 15.0 Å². The molecule has 1 saturated heterocycles. The summed E-state index contributed by atoms with van der Waals surface area (Å²) in [7, 11) is 3.06. The topological polar surface area (TPSA) is 92.1 Å². The van der Waals surface area contributed by atoms with Gasteiger partial charge in [-0.05, 0) is 55.4 Å². The van der Waals surface area contributed by atoms with E-state index in [2.05, 4.69) is 4.98 Å². The minimum absolute atomic E-state index is 0.209. The summed E-state index contributed by atoms with van der Waals surface area (Å²) >= 11 is 6.39.